The van der Waals surface area contributed by atoms with Gasteiger partial charge >= 0.3 is 0 Å². The van der Waals surface area contributed by atoms with E-state index in [-0.39, 0.29) is 0 Å². The molecule has 1 aromatic carbocycles. The molecular formula is C12H16N4. The number of aryl methyl sites for hydroxylation is 2. The molecule has 0 aliphatic rings. The van der Waals surface area contributed by atoms with Gasteiger partial charge in [-0.2, -0.15) is 0 Å². The predicted octanol–water partition coefficient (Wildman–Crippen LogP) is 1.51. The molecule has 84 valence electrons. The molecule has 0 amide bonds. The Balaban J connectivity index is 2.47. The summed E-state index contributed by atoms with van der Waals surface area (Å²) in [4.78, 5) is 0. The van der Waals surface area contributed by atoms with Crippen molar-refractivity contribution in [3.05, 3.63) is 35.5 Å². The Morgan fingerprint density at radius 3 is 2.81 bits per heavy atom. The van der Waals surface area contributed by atoms with Crippen LogP contribution in [0.1, 0.15) is 11.1 Å². The Labute approximate surface area is 95.3 Å². The molecule has 1 aromatic heterocycles. The average molecular weight is 216 g/mol. The Bertz CT molecular complexity index is 488. The molecule has 0 fully saturated rings. The summed E-state index contributed by atoms with van der Waals surface area (Å²) in [7, 11) is 3.86. The van der Waals surface area contributed by atoms with E-state index in [2.05, 4.69) is 40.8 Å². The maximum absolute atomic E-state index is 3.96. The molecule has 1 heterocycles. The first kappa shape index (κ1) is 10.8. The van der Waals surface area contributed by atoms with Gasteiger partial charge < -0.3 is 5.32 Å². The number of hydrogen-bond acceptors (Lipinski definition) is 3. The summed E-state index contributed by atoms with van der Waals surface area (Å²) in [6.45, 7) is 2.98. The van der Waals surface area contributed by atoms with Crippen LogP contribution in [0.4, 0.5) is 0 Å². The van der Waals surface area contributed by atoms with Gasteiger partial charge in [0.05, 0.1) is 11.9 Å². The van der Waals surface area contributed by atoms with Crippen LogP contribution in [0, 0.1) is 6.92 Å². The Kier molecular flexibility index (Phi) is 3.01. The molecular weight excluding hydrogens is 200 g/mol. The van der Waals surface area contributed by atoms with Crippen molar-refractivity contribution in [1.82, 2.24) is 20.3 Å². The Morgan fingerprint density at radius 1 is 1.38 bits per heavy atom. The van der Waals surface area contributed by atoms with Gasteiger partial charge in [0.2, 0.25) is 0 Å². The van der Waals surface area contributed by atoms with Crippen molar-refractivity contribution in [3.63, 3.8) is 0 Å². The highest BCUT2D eigenvalue weighted by Gasteiger charge is 2.07. The molecule has 16 heavy (non-hydrogen) atoms. The zero-order chi connectivity index (χ0) is 11.5. The van der Waals surface area contributed by atoms with E-state index in [0.29, 0.717) is 0 Å². The summed E-state index contributed by atoms with van der Waals surface area (Å²) in [5.41, 5.74) is 4.75. The summed E-state index contributed by atoms with van der Waals surface area (Å²) in [5.74, 6) is 0. The molecule has 0 unspecified atom stereocenters. The molecule has 0 radical (unpaired) electrons. The molecule has 0 saturated heterocycles. The third kappa shape index (κ3) is 1.97. The third-order valence-electron chi connectivity index (χ3n) is 2.67. The van der Waals surface area contributed by atoms with E-state index in [1.807, 2.05) is 14.1 Å². The molecule has 2 aromatic rings. The van der Waals surface area contributed by atoms with Gasteiger partial charge in [0.15, 0.2) is 0 Å². The second-order valence-corrected chi connectivity index (χ2v) is 3.92. The lowest BCUT2D eigenvalue weighted by Gasteiger charge is -2.08. The third-order valence-corrected chi connectivity index (χ3v) is 2.67. The number of nitrogens with one attached hydrogen (secondary N) is 1. The molecule has 4 nitrogen and oxygen atoms in total. The molecule has 0 bridgehead atoms. The van der Waals surface area contributed by atoms with E-state index >= 15 is 0 Å². The number of nitrogens with zero attached hydrogens (tertiary/aromatic N) is 3. The zero-order valence-electron chi connectivity index (χ0n) is 9.86. The van der Waals surface area contributed by atoms with Gasteiger partial charge in [0.1, 0.15) is 0 Å². The normalized spacial score (nSPS) is 10.7. The van der Waals surface area contributed by atoms with Crippen LogP contribution >= 0.6 is 0 Å². The molecule has 0 atom stereocenters. The van der Waals surface area contributed by atoms with Gasteiger partial charge in [-0.15, -0.1) is 5.10 Å². The minimum Gasteiger partial charge on any atom is -0.316 e. The SMILES string of the molecule is CNCc1ccc(C)c(-c2cnnn2C)c1. The largest absolute Gasteiger partial charge is 0.316 e. The molecule has 4 heteroatoms. The van der Waals surface area contributed by atoms with E-state index in [4.69, 9.17) is 0 Å². The van der Waals surface area contributed by atoms with E-state index in [0.717, 1.165) is 12.2 Å². The molecule has 0 aliphatic heterocycles. The van der Waals surface area contributed by atoms with Crippen LogP contribution in [-0.4, -0.2) is 22.0 Å². The Hall–Kier alpha value is -1.68. The van der Waals surface area contributed by atoms with Crippen LogP contribution in [-0.2, 0) is 13.6 Å². The van der Waals surface area contributed by atoms with E-state index in [1.54, 1.807) is 10.9 Å². The number of aromatic nitrogens is 3. The average Bonchev–Trinajstić information content (AvgIpc) is 2.68. The summed E-state index contributed by atoms with van der Waals surface area (Å²) in [6, 6.07) is 6.46. The van der Waals surface area contributed by atoms with Gasteiger partial charge in [-0.1, -0.05) is 17.3 Å². The van der Waals surface area contributed by atoms with Crippen molar-refractivity contribution >= 4 is 0 Å². The monoisotopic (exact) mass is 216 g/mol. The van der Waals surface area contributed by atoms with Crippen molar-refractivity contribution in [2.75, 3.05) is 7.05 Å². The van der Waals surface area contributed by atoms with Gasteiger partial charge in [-0.25, -0.2) is 4.68 Å². The first-order valence-electron chi connectivity index (χ1n) is 5.31. The molecule has 0 spiro atoms. The molecule has 2 rings (SSSR count). The van der Waals surface area contributed by atoms with Crippen molar-refractivity contribution in [2.45, 2.75) is 13.5 Å². The first-order valence-corrected chi connectivity index (χ1v) is 5.31. The standard InChI is InChI=1S/C12H16N4/c1-9-4-5-10(7-13-2)6-11(9)12-8-14-15-16(12)3/h4-6,8,13H,7H2,1-3H3. The zero-order valence-corrected chi connectivity index (χ0v) is 9.86. The number of hydrogen-bond donors (Lipinski definition) is 1. The quantitative estimate of drug-likeness (QED) is 0.845. The van der Waals surface area contributed by atoms with Gasteiger partial charge in [-0.05, 0) is 31.2 Å². The fraction of sp³-hybridized carbons (Fsp3) is 0.333. The van der Waals surface area contributed by atoms with Crippen LogP contribution in [0.5, 0.6) is 0 Å². The second-order valence-electron chi connectivity index (χ2n) is 3.92. The highest BCUT2D eigenvalue weighted by Crippen LogP contribution is 2.23. The molecule has 1 N–H and O–H groups in total. The van der Waals surface area contributed by atoms with Crippen LogP contribution in [0.15, 0.2) is 24.4 Å². The van der Waals surface area contributed by atoms with Crippen LogP contribution in [0.3, 0.4) is 0 Å². The molecule has 0 aliphatic carbocycles. The summed E-state index contributed by atoms with van der Waals surface area (Å²) < 4.78 is 1.80. The minimum atomic E-state index is 0.874. The lowest BCUT2D eigenvalue weighted by Crippen LogP contribution is -2.05. The molecule has 0 saturated carbocycles. The van der Waals surface area contributed by atoms with Crippen molar-refractivity contribution in [2.24, 2.45) is 7.05 Å². The maximum Gasteiger partial charge on any atom is 0.0884 e. The first-order chi connectivity index (χ1) is 7.72. The number of rotatable bonds is 3. The van der Waals surface area contributed by atoms with E-state index in [9.17, 15) is 0 Å². The lowest BCUT2D eigenvalue weighted by atomic mass is 10.0. The maximum atomic E-state index is 3.96. The van der Waals surface area contributed by atoms with Crippen molar-refractivity contribution in [1.29, 1.82) is 0 Å². The van der Waals surface area contributed by atoms with Crippen molar-refractivity contribution < 1.29 is 0 Å². The Morgan fingerprint density at radius 2 is 2.19 bits per heavy atom. The summed E-state index contributed by atoms with van der Waals surface area (Å²) in [5, 5.41) is 11.0. The highest BCUT2D eigenvalue weighted by atomic mass is 15.4. The van der Waals surface area contributed by atoms with Crippen LogP contribution < -0.4 is 5.32 Å². The van der Waals surface area contributed by atoms with Crippen LogP contribution in [0.25, 0.3) is 11.3 Å². The van der Waals surface area contributed by atoms with Gasteiger partial charge in [-0.3, -0.25) is 0 Å². The van der Waals surface area contributed by atoms with Gasteiger partial charge in [0.25, 0.3) is 0 Å². The fourth-order valence-electron chi connectivity index (χ4n) is 1.79. The number of benzene rings is 1. The fourth-order valence-corrected chi connectivity index (χ4v) is 1.79. The van der Waals surface area contributed by atoms with E-state index < -0.39 is 0 Å². The smallest absolute Gasteiger partial charge is 0.0884 e. The predicted molar refractivity (Wildman–Crippen MR) is 63.9 cm³/mol. The van der Waals surface area contributed by atoms with Gasteiger partial charge in [0, 0.05) is 19.2 Å². The summed E-state index contributed by atoms with van der Waals surface area (Å²) in [6.07, 6.45) is 1.80. The van der Waals surface area contributed by atoms with E-state index in [1.165, 1.54) is 16.7 Å². The van der Waals surface area contributed by atoms with Crippen molar-refractivity contribution in [3.8, 4) is 11.3 Å². The van der Waals surface area contributed by atoms with Crippen LogP contribution in [0.2, 0.25) is 0 Å². The topological polar surface area (TPSA) is 42.7 Å². The minimum absolute atomic E-state index is 0.874. The highest BCUT2D eigenvalue weighted by molar-refractivity contribution is 5.63. The summed E-state index contributed by atoms with van der Waals surface area (Å²) >= 11 is 0. The second kappa shape index (κ2) is 4.45. The lowest BCUT2D eigenvalue weighted by molar-refractivity contribution is 0.720.